The summed E-state index contributed by atoms with van der Waals surface area (Å²) in [5, 5.41) is 25.5. The second kappa shape index (κ2) is 49.6. The van der Waals surface area contributed by atoms with Gasteiger partial charge in [-0.15, -0.1) is 0 Å². The Bertz CT molecular complexity index is 3830. The summed E-state index contributed by atoms with van der Waals surface area (Å²) in [6.45, 7) is 3.94. The van der Waals surface area contributed by atoms with Crippen LogP contribution in [0.1, 0.15) is 96.9 Å². The lowest BCUT2D eigenvalue weighted by atomic mass is 9.94. The Morgan fingerprint density at radius 3 is 0.346 bits per heavy atom. The molecular formula is C70H91N21O42. The molecule has 63 heteroatoms. The summed E-state index contributed by atoms with van der Waals surface area (Å²) in [7, 11) is 0. The Morgan fingerprint density at radius 2 is 0.263 bits per heavy atom. The SMILES string of the molecule is CC(=O)OC1[C@@H]2OC(CN=[N+]=[N-])[C@@H](O[C@H]3OC(CN=[N+]=[N-])[C@@H](O[C@H]4OC(CN=[N+]=[N-])[C@H](O[C@@H]5OC(CN=[N+]=[N-])[C@@H](O[C@@H]6OC(CN=[N+]=[N-])[C@@H](O[C@@H]7OC(CN=[N+]=[N-])[C@@H](O[C@H]8OC(CN=[N+]=[N-])[C@@H](O2)[C@H](OC(C)=O)C8OC(C)=O)[C@@H](OC(C)=O)C7OC(C)=O)[C@@H](OC(C)=O)C6OC(C)=O)[C@@H](OC(C)=O)C5OC(C)=O)[C@H](OC(C)=O)C4OC(C)=O)[C@H](OC(C)=O)C3OC(C)=O)[C@@H]1OC(C)=O. The summed E-state index contributed by atoms with van der Waals surface area (Å²) in [5.41, 5.74) is 70.3. The predicted molar refractivity (Wildman–Crippen MR) is 411 cm³/mol. The number of azide groups is 7. The molecule has 63 nitrogen and oxygen atoms in total. The minimum atomic E-state index is -2.42. The van der Waals surface area contributed by atoms with Crippen molar-refractivity contribution in [3.8, 4) is 0 Å². The molecular weight excluding hydrogens is 1810 g/mol. The highest BCUT2D eigenvalue weighted by atomic mass is 16.8. The molecule has 728 valence electrons. The van der Waals surface area contributed by atoms with Crippen LogP contribution in [0, 0.1) is 0 Å². The van der Waals surface area contributed by atoms with Gasteiger partial charge in [-0.1, -0.05) is 35.8 Å². The van der Waals surface area contributed by atoms with Crippen LogP contribution in [0.4, 0.5) is 0 Å². The maximum atomic E-state index is 13.8. The summed E-state index contributed by atoms with van der Waals surface area (Å²) < 4.78 is 174. The first kappa shape index (κ1) is 106. The highest BCUT2D eigenvalue weighted by molar-refractivity contribution is 5.72. The smallest absolute Gasteiger partial charge is 0.303 e. The van der Waals surface area contributed by atoms with Gasteiger partial charge < -0.3 is 133 Å². The fourth-order valence-electron chi connectivity index (χ4n) is 15.5. The van der Waals surface area contributed by atoms with E-state index in [0.717, 1.165) is 96.9 Å². The molecule has 21 heterocycles. The van der Waals surface area contributed by atoms with Gasteiger partial charge in [-0.05, 0) is 38.7 Å². The van der Waals surface area contributed by atoms with E-state index in [0.29, 0.717) is 0 Å². The summed E-state index contributed by atoms with van der Waals surface area (Å²) >= 11 is 0. The molecule has 21 aliphatic heterocycles. The van der Waals surface area contributed by atoms with Crippen molar-refractivity contribution in [1.29, 1.82) is 0 Å². The zero-order chi connectivity index (χ0) is 97.9. The Hall–Kier alpha value is -12.8. The molecule has 14 bridgehead atoms. The van der Waals surface area contributed by atoms with Gasteiger partial charge in [0.1, 0.15) is 42.7 Å². The molecule has 0 N–H and O–H groups in total. The van der Waals surface area contributed by atoms with Gasteiger partial charge in [0.05, 0.1) is 88.5 Å². The quantitative estimate of drug-likeness (QED) is 0.0355. The van der Waals surface area contributed by atoms with Crippen LogP contribution < -0.4 is 0 Å². The van der Waals surface area contributed by atoms with Gasteiger partial charge >= 0.3 is 83.6 Å². The third kappa shape index (κ3) is 28.6. The van der Waals surface area contributed by atoms with Crippen LogP contribution in [-0.4, -0.2) is 344 Å². The number of hydrogen-bond donors (Lipinski definition) is 0. The molecule has 133 heavy (non-hydrogen) atoms. The number of hydrogen-bond acceptors (Lipinski definition) is 49. The van der Waals surface area contributed by atoms with Crippen LogP contribution in [0.25, 0.3) is 73.1 Å². The number of ether oxygens (including phenoxy) is 28. The average molecular weight is 1900 g/mol. The first-order valence-corrected chi connectivity index (χ1v) is 39.8. The van der Waals surface area contributed by atoms with Gasteiger partial charge in [0.25, 0.3) is 0 Å². The molecule has 0 spiro atoms. The zero-order valence-electron chi connectivity index (χ0n) is 72.7. The second-order valence-electron chi connectivity index (χ2n) is 29.4. The van der Waals surface area contributed by atoms with Crippen molar-refractivity contribution in [2.45, 2.75) is 312 Å². The van der Waals surface area contributed by atoms with Crippen molar-refractivity contribution in [3.05, 3.63) is 73.1 Å². The maximum Gasteiger partial charge on any atom is 0.303 e. The molecule has 0 aliphatic carbocycles. The standard InChI is InChI=1S/C70H91N21O42/c1-22(92)106-50-43-36(15-78-85-71)120-64(57(50)113-29(8)99)128-44-37(16-79-86-72)122-66(59(115-31(10)101)51(44)107-23(2)93)130-46-39(18-81-88-74)124-68(61(117-33(12)103)53(46)109-25(4)95)132-48-41(20-83-90-76)126-70(63(119-35(14)105)55(48)111-27(6)97)133-49-42(21-84-91-77)125-69(62(118-34(13)104)56(49)112-28(7)98)131-47-40(19-82-89-75)123-67(60(116-32(11)102)54(47)110-26(5)96)129-45-38(17-80-87-73)121-65(127-43)58(114-30(9)100)52(45)108-24(3)94/h36-70H,15-21H2,1-14H3/t36?,37?,38?,39?,40?,41?,42?,43-,44-,45-,46-,47-,48-,49+,50+,51-,52+,53-,54+,55-,56+,57?,58?,59?,60?,61?,62?,63?,64-,65-,66+,67-,68+,69-,70+/m1/s1. The van der Waals surface area contributed by atoms with E-state index >= 15 is 0 Å². The van der Waals surface area contributed by atoms with Crippen molar-refractivity contribution >= 4 is 83.6 Å². The van der Waals surface area contributed by atoms with E-state index in [2.05, 4.69) is 70.2 Å². The van der Waals surface area contributed by atoms with E-state index in [9.17, 15) is 106 Å². The lowest BCUT2D eigenvalue weighted by Crippen LogP contribution is -2.70. The average Bonchev–Trinajstić information content (AvgIpc) is 0.857. The summed E-state index contributed by atoms with van der Waals surface area (Å²) in [6.07, 6.45) is -79.7. The molecule has 0 amide bonds. The minimum Gasteiger partial charge on any atom is -0.455 e. The van der Waals surface area contributed by atoms with Crippen LogP contribution in [0.15, 0.2) is 35.8 Å². The van der Waals surface area contributed by atoms with E-state index in [1.165, 1.54) is 0 Å². The van der Waals surface area contributed by atoms with Crippen molar-refractivity contribution in [1.82, 2.24) is 0 Å². The highest BCUT2D eigenvalue weighted by Gasteiger charge is 2.66. The van der Waals surface area contributed by atoms with Gasteiger partial charge in [0, 0.05) is 131 Å². The Morgan fingerprint density at radius 1 is 0.173 bits per heavy atom. The molecule has 0 aromatic heterocycles. The fraction of sp³-hybridized carbons (Fsp3) is 0.800. The molecule has 0 aromatic carbocycles. The van der Waals surface area contributed by atoms with Crippen molar-refractivity contribution in [3.63, 3.8) is 0 Å². The zero-order valence-corrected chi connectivity index (χ0v) is 72.7. The molecule has 21 fully saturated rings. The van der Waals surface area contributed by atoms with Crippen LogP contribution in [0.5, 0.6) is 0 Å². The minimum absolute atomic E-state index is 0.796. The van der Waals surface area contributed by atoms with E-state index < -0.39 is 344 Å². The number of rotatable bonds is 28. The monoisotopic (exact) mass is 1900 g/mol. The van der Waals surface area contributed by atoms with Gasteiger partial charge in [0.15, 0.2) is 129 Å². The normalized spacial score (nSPS) is 35.6. The third-order valence-electron chi connectivity index (χ3n) is 19.7. The highest BCUT2D eigenvalue weighted by Crippen LogP contribution is 2.45. The summed E-state index contributed by atoms with van der Waals surface area (Å²) in [5.74, 6) is -18.1. The van der Waals surface area contributed by atoms with Crippen LogP contribution in [0.2, 0.25) is 0 Å². The Balaban J connectivity index is 1.49. The Labute approximate surface area is 747 Å². The van der Waals surface area contributed by atoms with E-state index in [1.54, 1.807) is 0 Å². The first-order chi connectivity index (χ1) is 63.2. The number of esters is 14. The van der Waals surface area contributed by atoms with Gasteiger partial charge in [-0.3, -0.25) is 67.1 Å². The molecule has 0 radical (unpaired) electrons. The predicted octanol–water partition coefficient (Wildman–Crippen LogP) is 1.99. The maximum absolute atomic E-state index is 13.8. The van der Waals surface area contributed by atoms with Gasteiger partial charge in [0.2, 0.25) is 0 Å². The molecule has 21 rings (SSSR count). The Kier molecular flexibility index (Phi) is 39.4. The molecule has 0 aromatic rings. The van der Waals surface area contributed by atoms with Crippen molar-refractivity contribution in [2.24, 2.45) is 35.8 Å². The molecule has 14 unspecified atom stereocenters. The molecule has 21 aliphatic rings. The van der Waals surface area contributed by atoms with E-state index in [4.69, 9.17) is 133 Å². The largest absolute Gasteiger partial charge is 0.455 e. The molecule has 21 saturated heterocycles. The van der Waals surface area contributed by atoms with Crippen molar-refractivity contribution in [2.75, 3.05) is 45.8 Å². The van der Waals surface area contributed by atoms with Crippen LogP contribution in [-0.2, 0) is 200 Å². The summed E-state index contributed by atoms with van der Waals surface area (Å²) in [6, 6.07) is 0. The molecule has 0 saturated carbocycles. The fourth-order valence-corrected chi connectivity index (χ4v) is 15.5. The second-order valence-corrected chi connectivity index (χ2v) is 29.4. The van der Waals surface area contributed by atoms with Gasteiger partial charge in [-0.2, -0.15) is 0 Å². The van der Waals surface area contributed by atoms with E-state index in [-0.39, 0.29) is 0 Å². The lowest BCUT2D eigenvalue weighted by molar-refractivity contribution is -0.391. The third-order valence-corrected chi connectivity index (χ3v) is 19.7. The summed E-state index contributed by atoms with van der Waals surface area (Å²) in [4.78, 5) is 213. The lowest BCUT2D eigenvalue weighted by Gasteiger charge is -2.52. The number of carbonyl (C=O) groups is 14. The van der Waals surface area contributed by atoms with Crippen LogP contribution in [0.3, 0.4) is 0 Å². The van der Waals surface area contributed by atoms with E-state index in [1.807, 2.05) is 0 Å². The van der Waals surface area contributed by atoms with Gasteiger partial charge in [-0.25, -0.2) is 0 Å². The first-order valence-electron chi connectivity index (χ1n) is 39.8. The van der Waals surface area contributed by atoms with Crippen molar-refractivity contribution < 1.29 is 200 Å². The molecule has 35 atom stereocenters. The van der Waals surface area contributed by atoms with Crippen LogP contribution >= 0.6 is 0 Å². The number of nitrogens with zero attached hydrogens (tertiary/aromatic N) is 21. The number of carbonyl (C=O) groups excluding carboxylic acids is 14. The topological polar surface area (TPSA) is 839 Å².